The summed E-state index contributed by atoms with van der Waals surface area (Å²) in [5.74, 6) is 2.90. The van der Waals surface area contributed by atoms with Crippen molar-refractivity contribution < 1.29 is 4.74 Å². The molecule has 1 aliphatic rings. The first-order valence-corrected chi connectivity index (χ1v) is 7.26. The molecule has 4 nitrogen and oxygen atoms in total. The van der Waals surface area contributed by atoms with Gasteiger partial charge in [0.1, 0.15) is 11.6 Å². The number of hydrogen-bond donors (Lipinski definition) is 1. The van der Waals surface area contributed by atoms with Crippen molar-refractivity contribution in [2.45, 2.75) is 52.5 Å². The highest BCUT2D eigenvalue weighted by molar-refractivity contribution is 5.37. The van der Waals surface area contributed by atoms with E-state index in [2.05, 4.69) is 36.1 Å². The van der Waals surface area contributed by atoms with Crippen LogP contribution in [0.2, 0.25) is 0 Å². The van der Waals surface area contributed by atoms with E-state index in [1.807, 2.05) is 13.0 Å². The predicted octanol–water partition coefficient (Wildman–Crippen LogP) is 3.14. The molecular weight excluding hydrogens is 238 g/mol. The van der Waals surface area contributed by atoms with Crippen LogP contribution in [0, 0.1) is 12.8 Å². The van der Waals surface area contributed by atoms with Gasteiger partial charge in [-0.1, -0.05) is 13.8 Å². The van der Waals surface area contributed by atoms with E-state index < -0.39 is 0 Å². The summed E-state index contributed by atoms with van der Waals surface area (Å²) in [6, 6.07) is 2.46. The highest BCUT2D eigenvalue weighted by Crippen LogP contribution is 2.22. The summed E-state index contributed by atoms with van der Waals surface area (Å²) in [4.78, 5) is 9.10. The molecule has 1 saturated heterocycles. The van der Waals surface area contributed by atoms with Gasteiger partial charge in [-0.2, -0.15) is 0 Å². The number of ether oxygens (including phenoxy) is 1. The molecule has 106 valence electrons. The van der Waals surface area contributed by atoms with E-state index in [0.717, 1.165) is 43.4 Å². The standard InChI is InChI=1S/C15H25N3O/c1-10(2)15-16-11(3)9-14(18-15)17-12(4)13-5-7-19-8-6-13/h9-10,12-13H,5-8H2,1-4H3,(H,16,17,18). The number of anilines is 1. The lowest BCUT2D eigenvalue weighted by Gasteiger charge is -2.28. The highest BCUT2D eigenvalue weighted by Gasteiger charge is 2.21. The molecule has 0 aromatic carbocycles. The fourth-order valence-corrected chi connectivity index (χ4v) is 2.49. The zero-order valence-electron chi connectivity index (χ0n) is 12.4. The Bertz CT molecular complexity index is 414. The summed E-state index contributed by atoms with van der Waals surface area (Å²) in [6.07, 6.45) is 2.27. The van der Waals surface area contributed by atoms with Crippen LogP contribution >= 0.6 is 0 Å². The Morgan fingerprint density at radius 1 is 1.21 bits per heavy atom. The van der Waals surface area contributed by atoms with Crippen LogP contribution in [0.25, 0.3) is 0 Å². The van der Waals surface area contributed by atoms with Crippen molar-refractivity contribution in [2.24, 2.45) is 5.92 Å². The highest BCUT2D eigenvalue weighted by atomic mass is 16.5. The molecule has 2 heterocycles. The van der Waals surface area contributed by atoms with E-state index in [9.17, 15) is 0 Å². The lowest BCUT2D eigenvalue weighted by molar-refractivity contribution is 0.0622. The zero-order chi connectivity index (χ0) is 13.8. The second-order valence-electron chi connectivity index (χ2n) is 5.79. The molecular formula is C15H25N3O. The lowest BCUT2D eigenvalue weighted by Crippen LogP contribution is -2.31. The van der Waals surface area contributed by atoms with Crippen LogP contribution in [0.5, 0.6) is 0 Å². The normalized spacial score (nSPS) is 18.6. The van der Waals surface area contributed by atoms with Crippen molar-refractivity contribution >= 4 is 5.82 Å². The summed E-state index contributed by atoms with van der Waals surface area (Å²) in [5, 5.41) is 3.54. The van der Waals surface area contributed by atoms with Gasteiger partial charge in [0.25, 0.3) is 0 Å². The number of hydrogen-bond acceptors (Lipinski definition) is 4. The summed E-state index contributed by atoms with van der Waals surface area (Å²) in [5.41, 5.74) is 1.03. The third-order valence-corrected chi connectivity index (χ3v) is 3.74. The van der Waals surface area contributed by atoms with Crippen LogP contribution in [0.1, 0.15) is 51.0 Å². The molecule has 19 heavy (non-hydrogen) atoms. The minimum Gasteiger partial charge on any atom is -0.381 e. The molecule has 0 aliphatic carbocycles. The Labute approximate surface area is 116 Å². The quantitative estimate of drug-likeness (QED) is 0.906. The zero-order valence-corrected chi connectivity index (χ0v) is 12.4. The number of nitrogens with one attached hydrogen (secondary N) is 1. The van der Waals surface area contributed by atoms with Gasteiger partial charge in [-0.25, -0.2) is 9.97 Å². The van der Waals surface area contributed by atoms with Crippen LogP contribution < -0.4 is 5.32 Å². The average molecular weight is 263 g/mol. The van der Waals surface area contributed by atoms with Gasteiger partial charge in [0, 0.05) is 36.9 Å². The van der Waals surface area contributed by atoms with Crippen LogP contribution in [0.4, 0.5) is 5.82 Å². The first kappa shape index (κ1) is 14.3. The van der Waals surface area contributed by atoms with Crippen LogP contribution in [0.3, 0.4) is 0 Å². The van der Waals surface area contributed by atoms with Crippen molar-refractivity contribution in [3.63, 3.8) is 0 Å². The molecule has 1 fully saturated rings. The van der Waals surface area contributed by atoms with E-state index in [-0.39, 0.29) is 0 Å². The summed E-state index contributed by atoms with van der Waals surface area (Å²) < 4.78 is 5.42. The Morgan fingerprint density at radius 2 is 1.89 bits per heavy atom. The number of rotatable bonds is 4. The van der Waals surface area contributed by atoms with E-state index in [1.54, 1.807) is 0 Å². The molecule has 0 amide bonds. The summed E-state index contributed by atoms with van der Waals surface area (Å²) in [7, 11) is 0. The fraction of sp³-hybridized carbons (Fsp3) is 0.733. The van der Waals surface area contributed by atoms with Crippen LogP contribution in [0.15, 0.2) is 6.07 Å². The van der Waals surface area contributed by atoms with Crippen molar-refractivity contribution in [3.8, 4) is 0 Å². The lowest BCUT2D eigenvalue weighted by atomic mass is 9.93. The van der Waals surface area contributed by atoms with Gasteiger partial charge in [-0.05, 0) is 32.6 Å². The van der Waals surface area contributed by atoms with Crippen molar-refractivity contribution in [1.29, 1.82) is 0 Å². The Hall–Kier alpha value is -1.16. The fourth-order valence-electron chi connectivity index (χ4n) is 2.49. The molecule has 0 bridgehead atoms. The van der Waals surface area contributed by atoms with Gasteiger partial charge in [-0.15, -0.1) is 0 Å². The smallest absolute Gasteiger partial charge is 0.133 e. The van der Waals surface area contributed by atoms with E-state index in [4.69, 9.17) is 4.74 Å². The van der Waals surface area contributed by atoms with E-state index in [1.165, 1.54) is 0 Å². The first-order valence-electron chi connectivity index (χ1n) is 7.26. The second kappa shape index (κ2) is 6.33. The third kappa shape index (κ3) is 3.90. The van der Waals surface area contributed by atoms with Crippen molar-refractivity contribution in [3.05, 3.63) is 17.6 Å². The van der Waals surface area contributed by atoms with Gasteiger partial charge in [0.05, 0.1) is 0 Å². The van der Waals surface area contributed by atoms with Gasteiger partial charge in [-0.3, -0.25) is 0 Å². The number of nitrogens with zero attached hydrogens (tertiary/aromatic N) is 2. The maximum atomic E-state index is 5.42. The Kier molecular flexibility index (Phi) is 4.75. The van der Waals surface area contributed by atoms with Gasteiger partial charge in [0.2, 0.25) is 0 Å². The van der Waals surface area contributed by atoms with E-state index in [0.29, 0.717) is 17.9 Å². The SMILES string of the molecule is Cc1cc(NC(C)C2CCOCC2)nc(C(C)C)n1. The average Bonchev–Trinajstić information content (AvgIpc) is 2.39. The minimum absolute atomic E-state index is 0.360. The van der Waals surface area contributed by atoms with Gasteiger partial charge < -0.3 is 10.1 Å². The first-order chi connectivity index (χ1) is 9.06. The van der Waals surface area contributed by atoms with Crippen LogP contribution in [-0.2, 0) is 4.74 Å². The second-order valence-corrected chi connectivity index (χ2v) is 5.79. The molecule has 0 saturated carbocycles. The minimum atomic E-state index is 0.360. The summed E-state index contributed by atoms with van der Waals surface area (Å²) >= 11 is 0. The summed E-state index contributed by atoms with van der Waals surface area (Å²) in [6.45, 7) is 10.3. The monoisotopic (exact) mass is 263 g/mol. The largest absolute Gasteiger partial charge is 0.381 e. The third-order valence-electron chi connectivity index (χ3n) is 3.74. The molecule has 1 atom stereocenters. The molecule has 1 aromatic heterocycles. The van der Waals surface area contributed by atoms with Gasteiger partial charge in [0.15, 0.2) is 0 Å². The topological polar surface area (TPSA) is 47.0 Å². The molecule has 0 radical (unpaired) electrons. The molecule has 1 aliphatic heterocycles. The van der Waals surface area contributed by atoms with Crippen LogP contribution in [-0.4, -0.2) is 29.2 Å². The Morgan fingerprint density at radius 3 is 2.53 bits per heavy atom. The van der Waals surface area contributed by atoms with Gasteiger partial charge >= 0.3 is 0 Å². The molecule has 1 aromatic rings. The Balaban J connectivity index is 2.05. The molecule has 1 unspecified atom stereocenters. The number of aryl methyl sites for hydroxylation is 1. The van der Waals surface area contributed by atoms with Crippen molar-refractivity contribution in [1.82, 2.24) is 9.97 Å². The maximum Gasteiger partial charge on any atom is 0.133 e. The predicted molar refractivity (Wildman–Crippen MR) is 77.5 cm³/mol. The van der Waals surface area contributed by atoms with E-state index >= 15 is 0 Å². The molecule has 2 rings (SSSR count). The molecule has 4 heteroatoms. The maximum absolute atomic E-state index is 5.42. The van der Waals surface area contributed by atoms with Crippen molar-refractivity contribution in [2.75, 3.05) is 18.5 Å². The molecule has 0 spiro atoms. The molecule has 1 N–H and O–H groups in total. The number of aromatic nitrogens is 2.